The molecule has 0 unspecified atom stereocenters. The molecule has 0 fully saturated rings. The minimum atomic E-state index is 0.609. The van der Waals surface area contributed by atoms with E-state index in [1.54, 1.807) is 0 Å². The van der Waals surface area contributed by atoms with E-state index in [-0.39, 0.29) is 0 Å². The van der Waals surface area contributed by atoms with Gasteiger partial charge in [-0.05, 0) is 85.6 Å². The van der Waals surface area contributed by atoms with Crippen LogP contribution in [0.1, 0.15) is 0 Å². The SMILES string of the molecule is c1ccc(-c2cccc(-c3nc4cc(-c5ccc(-c6ccc7ccccc7c6-c6ccccc6-c6nc(-c7ccccc7)cc(-c7ccccc7)n6)cc5)ccc4o3)c2)cc1. The van der Waals surface area contributed by atoms with Crippen LogP contribution in [0, 0.1) is 0 Å². The first kappa shape index (κ1) is 35.9. The van der Waals surface area contributed by atoms with Crippen molar-refractivity contribution in [2.75, 3.05) is 0 Å². The Morgan fingerprint density at radius 3 is 1.57 bits per heavy atom. The second kappa shape index (κ2) is 15.5. The number of oxazole rings is 1. The molecule has 0 aliphatic heterocycles. The fourth-order valence-corrected chi connectivity index (χ4v) is 8.31. The minimum Gasteiger partial charge on any atom is -0.436 e. The molecule has 9 aromatic carbocycles. The maximum Gasteiger partial charge on any atom is 0.227 e. The van der Waals surface area contributed by atoms with Crippen LogP contribution in [0.5, 0.6) is 0 Å². The summed E-state index contributed by atoms with van der Waals surface area (Å²) < 4.78 is 6.28. The molecule has 0 saturated carbocycles. The Hall–Kier alpha value is -8.21. The Morgan fingerprint density at radius 2 is 0.852 bits per heavy atom. The zero-order valence-corrected chi connectivity index (χ0v) is 33.1. The van der Waals surface area contributed by atoms with Gasteiger partial charge in [-0.25, -0.2) is 15.0 Å². The van der Waals surface area contributed by atoms with Gasteiger partial charge in [-0.3, -0.25) is 0 Å². The molecule has 0 N–H and O–H groups in total. The number of rotatable bonds is 8. The van der Waals surface area contributed by atoms with Crippen LogP contribution in [0.3, 0.4) is 0 Å². The van der Waals surface area contributed by atoms with Crippen molar-refractivity contribution in [3.8, 4) is 89.9 Å². The highest BCUT2D eigenvalue weighted by Crippen LogP contribution is 2.43. The summed E-state index contributed by atoms with van der Waals surface area (Å²) in [5.41, 5.74) is 16.3. The smallest absolute Gasteiger partial charge is 0.227 e. The van der Waals surface area contributed by atoms with Gasteiger partial charge in [0.05, 0.1) is 11.4 Å². The Kier molecular flexibility index (Phi) is 9.14. The summed E-state index contributed by atoms with van der Waals surface area (Å²) in [5.74, 6) is 1.29. The molecule has 0 saturated heterocycles. The Labute approximate surface area is 354 Å². The predicted molar refractivity (Wildman–Crippen MR) is 251 cm³/mol. The van der Waals surface area contributed by atoms with Crippen molar-refractivity contribution in [3.63, 3.8) is 0 Å². The summed E-state index contributed by atoms with van der Waals surface area (Å²) in [4.78, 5) is 15.4. The van der Waals surface area contributed by atoms with Crippen LogP contribution in [0.25, 0.3) is 112 Å². The van der Waals surface area contributed by atoms with Gasteiger partial charge in [0.1, 0.15) is 5.52 Å². The monoisotopic (exact) mass is 779 g/mol. The second-order valence-corrected chi connectivity index (χ2v) is 15.2. The first-order valence-corrected chi connectivity index (χ1v) is 20.5. The quantitative estimate of drug-likeness (QED) is 0.154. The van der Waals surface area contributed by atoms with Gasteiger partial charge in [0.15, 0.2) is 11.4 Å². The fraction of sp³-hybridized carbons (Fsp3) is 0. The maximum absolute atomic E-state index is 6.28. The van der Waals surface area contributed by atoms with Gasteiger partial charge < -0.3 is 4.42 Å². The van der Waals surface area contributed by atoms with Crippen molar-refractivity contribution >= 4 is 21.9 Å². The van der Waals surface area contributed by atoms with E-state index in [1.807, 2.05) is 30.3 Å². The predicted octanol–water partition coefficient (Wildman–Crippen LogP) is 15.1. The maximum atomic E-state index is 6.28. The fourth-order valence-electron chi connectivity index (χ4n) is 8.31. The second-order valence-electron chi connectivity index (χ2n) is 15.2. The largest absolute Gasteiger partial charge is 0.436 e. The van der Waals surface area contributed by atoms with E-state index in [1.165, 1.54) is 10.8 Å². The summed E-state index contributed by atoms with van der Waals surface area (Å²) in [6.07, 6.45) is 0. The average Bonchev–Trinajstić information content (AvgIpc) is 3.78. The molecule has 0 aliphatic rings. The summed E-state index contributed by atoms with van der Waals surface area (Å²) in [7, 11) is 0. The topological polar surface area (TPSA) is 51.8 Å². The van der Waals surface area contributed by atoms with Crippen molar-refractivity contribution in [1.29, 1.82) is 0 Å². The third-order valence-electron chi connectivity index (χ3n) is 11.4. The molecule has 0 amide bonds. The van der Waals surface area contributed by atoms with Gasteiger partial charge in [-0.2, -0.15) is 0 Å². The molecule has 11 aromatic rings. The van der Waals surface area contributed by atoms with Crippen LogP contribution >= 0.6 is 0 Å². The first-order valence-electron chi connectivity index (χ1n) is 20.5. The van der Waals surface area contributed by atoms with Gasteiger partial charge in [0, 0.05) is 22.3 Å². The molecular weight excluding hydrogens is 743 g/mol. The van der Waals surface area contributed by atoms with Crippen molar-refractivity contribution in [2.45, 2.75) is 0 Å². The summed E-state index contributed by atoms with van der Waals surface area (Å²) in [6.45, 7) is 0. The van der Waals surface area contributed by atoms with Gasteiger partial charge in [0.2, 0.25) is 5.89 Å². The molecule has 0 atom stereocenters. The number of nitrogens with zero attached hydrogens (tertiary/aromatic N) is 3. The minimum absolute atomic E-state index is 0.609. The van der Waals surface area contributed by atoms with E-state index in [0.29, 0.717) is 11.7 Å². The highest BCUT2D eigenvalue weighted by atomic mass is 16.3. The molecule has 0 spiro atoms. The Balaban J connectivity index is 0.985. The molecule has 2 heterocycles. The average molecular weight is 780 g/mol. The van der Waals surface area contributed by atoms with Crippen LogP contribution in [0.15, 0.2) is 229 Å². The van der Waals surface area contributed by atoms with Crippen LogP contribution in [-0.4, -0.2) is 15.0 Å². The Morgan fingerprint density at radius 1 is 0.311 bits per heavy atom. The first-order chi connectivity index (χ1) is 30.2. The molecule has 61 heavy (non-hydrogen) atoms. The van der Waals surface area contributed by atoms with Crippen LogP contribution in [0.2, 0.25) is 0 Å². The molecule has 0 radical (unpaired) electrons. The molecule has 4 heteroatoms. The lowest BCUT2D eigenvalue weighted by Crippen LogP contribution is -1.98. The third-order valence-corrected chi connectivity index (χ3v) is 11.4. The summed E-state index contributed by atoms with van der Waals surface area (Å²) in [5, 5.41) is 2.34. The van der Waals surface area contributed by atoms with E-state index in [2.05, 4.69) is 194 Å². The van der Waals surface area contributed by atoms with Crippen molar-refractivity contribution < 1.29 is 4.42 Å². The molecule has 2 aromatic heterocycles. The lowest BCUT2D eigenvalue weighted by Gasteiger charge is -2.18. The van der Waals surface area contributed by atoms with E-state index in [9.17, 15) is 0 Å². The highest BCUT2D eigenvalue weighted by molar-refractivity contribution is 6.07. The van der Waals surface area contributed by atoms with Crippen molar-refractivity contribution in [3.05, 3.63) is 224 Å². The van der Waals surface area contributed by atoms with E-state index < -0.39 is 0 Å². The van der Waals surface area contributed by atoms with E-state index in [4.69, 9.17) is 19.4 Å². The van der Waals surface area contributed by atoms with E-state index >= 15 is 0 Å². The van der Waals surface area contributed by atoms with Crippen molar-refractivity contribution in [2.24, 2.45) is 0 Å². The number of hydrogen-bond acceptors (Lipinski definition) is 4. The molecular formula is C57H37N3O. The van der Waals surface area contributed by atoms with Gasteiger partial charge in [0.25, 0.3) is 0 Å². The molecule has 11 rings (SSSR count). The summed E-state index contributed by atoms with van der Waals surface area (Å²) >= 11 is 0. The number of hydrogen-bond donors (Lipinski definition) is 0. The van der Waals surface area contributed by atoms with E-state index in [0.717, 1.165) is 89.2 Å². The van der Waals surface area contributed by atoms with Crippen LogP contribution < -0.4 is 0 Å². The molecule has 286 valence electrons. The van der Waals surface area contributed by atoms with Gasteiger partial charge in [-0.1, -0.05) is 194 Å². The Bertz CT molecular complexity index is 3280. The zero-order valence-electron chi connectivity index (χ0n) is 33.1. The number of benzene rings is 9. The third kappa shape index (κ3) is 6.96. The highest BCUT2D eigenvalue weighted by Gasteiger charge is 2.19. The molecule has 0 bridgehead atoms. The van der Waals surface area contributed by atoms with Gasteiger partial charge in [-0.15, -0.1) is 0 Å². The van der Waals surface area contributed by atoms with Crippen LogP contribution in [-0.2, 0) is 0 Å². The van der Waals surface area contributed by atoms with Crippen molar-refractivity contribution in [1.82, 2.24) is 15.0 Å². The summed E-state index contributed by atoms with van der Waals surface area (Å²) in [6, 6.07) is 78.2. The lowest BCUT2D eigenvalue weighted by atomic mass is 9.87. The number of fused-ring (bicyclic) bond motifs is 2. The number of aromatic nitrogens is 3. The zero-order chi connectivity index (χ0) is 40.5. The van der Waals surface area contributed by atoms with Gasteiger partial charge >= 0.3 is 0 Å². The molecule has 4 nitrogen and oxygen atoms in total. The lowest BCUT2D eigenvalue weighted by molar-refractivity contribution is 0.620. The standard InChI is InChI=1S/C57H37N3O/c1-4-15-38(16-5-1)44-22-14-23-46(35-44)57-60-53-36-45(32-34-54(53)61-57)39-27-29-41(30-28-39)48-33-31-40-17-10-11-24-47(40)55(48)49-25-12-13-26-50(49)56-58-51(42-18-6-2-7-19-42)37-52(59-56)43-20-8-3-9-21-43/h1-37H. The molecule has 0 aliphatic carbocycles. The normalized spacial score (nSPS) is 11.3. The van der Waals surface area contributed by atoms with Crippen LogP contribution in [0.4, 0.5) is 0 Å².